The van der Waals surface area contributed by atoms with Gasteiger partial charge in [0.2, 0.25) is 11.8 Å². The molecule has 1 saturated carbocycles. The van der Waals surface area contributed by atoms with E-state index in [1.807, 2.05) is 12.1 Å². The van der Waals surface area contributed by atoms with Crippen LogP contribution in [0.2, 0.25) is 0 Å². The third kappa shape index (κ3) is 4.37. The molecule has 5 atom stereocenters. The Morgan fingerprint density at radius 2 is 1.60 bits per heavy atom. The van der Waals surface area contributed by atoms with E-state index in [0.29, 0.717) is 12.1 Å². The number of rotatable bonds is 3. The third-order valence-corrected chi connectivity index (χ3v) is 7.77. The first-order valence-corrected chi connectivity index (χ1v) is 12.6. The second-order valence-corrected chi connectivity index (χ2v) is 11.5. The molecule has 5 rings (SSSR count). The van der Waals surface area contributed by atoms with Crippen molar-refractivity contribution >= 4 is 58.2 Å². The van der Waals surface area contributed by atoms with Crippen LogP contribution < -0.4 is 10.2 Å². The SMILES string of the molecule is O=C1[C@H]2[C@@H](C(=O)N1c1ccccc1)[C@@H](c1ccc(F)cc1)C=C1CCC[C@@H](NC(=O)C(Cl)(Cl)Cl)[C@H]12. The number of allylic oxidation sites excluding steroid dienone is 1. The number of carbonyl (C=O) groups is 3. The molecule has 1 N–H and O–H groups in total. The number of benzene rings is 2. The van der Waals surface area contributed by atoms with Crippen molar-refractivity contribution in [1.82, 2.24) is 5.32 Å². The van der Waals surface area contributed by atoms with Gasteiger partial charge in [-0.3, -0.25) is 19.3 Å². The van der Waals surface area contributed by atoms with E-state index in [1.54, 1.807) is 36.4 Å². The van der Waals surface area contributed by atoms with E-state index in [9.17, 15) is 18.8 Å². The van der Waals surface area contributed by atoms with Crippen molar-refractivity contribution in [3.63, 3.8) is 0 Å². The molecule has 1 saturated heterocycles. The van der Waals surface area contributed by atoms with Crippen LogP contribution in [-0.2, 0) is 14.4 Å². The molecular weight excluding hydrogens is 514 g/mol. The number of alkyl halides is 3. The zero-order chi connectivity index (χ0) is 24.9. The maximum absolute atomic E-state index is 13.9. The second kappa shape index (κ2) is 9.23. The number of nitrogens with zero attached hydrogens (tertiary/aromatic N) is 1. The van der Waals surface area contributed by atoms with Crippen LogP contribution in [0.15, 0.2) is 66.2 Å². The molecule has 2 aromatic rings. The third-order valence-electron chi connectivity index (χ3n) is 7.25. The maximum Gasteiger partial charge on any atom is 0.272 e. The molecular formula is C26H22Cl3FN2O3. The Kier molecular flexibility index (Phi) is 6.41. The number of imide groups is 1. The molecule has 5 nitrogen and oxygen atoms in total. The smallest absolute Gasteiger partial charge is 0.272 e. The van der Waals surface area contributed by atoms with Gasteiger partial charge in [0, 0.05) is 17.9 Å². The molecule has 3 amide bonds. The Bertz CT molecular complexity index is 1200. The summed E-state index contributed by atoms with van der Waals surface area (Å²) in [6, 6.07) is 14.3. The summed E-state index contributed by atoms with van der Waals surface area (Å²) in [5, 5.41) is 2.82. The molecule has 0 unspecified atom stereocenters. The van der Waals surface area contributed by atoms with Crippen LogP contribution in [0.3, 0.4) is 0 Å². The summed E-state index contributed by atoms with van der Waals surface area (Å²) in [6.07, 6.45) is 4.10. The average molecular weight is 536 g/mol. The number of halogens is 4. The van der Waals surface area contributed by atoms with Crippen LogP contribution in [0.25, 0.3) is 0 Å². The van der Waals surface area contributed by atoms with Crippen LogP contribution in [0.1, 0.15) is 30.7 Å². The van der Waals surface area contributed by atoms with E-state index in [2.05, 4.69) is 5.32 Å². The zero-order valence-electron chi connectivity index (χ0n) is 18.5. The van der Waals surface area contributed by atoms with Gasteiger partial charge in [0.15, 0.2) is 0 Å². The summed E-state index contributed by atoms with van der Waals surface area (Å²) in [7, 11) is 0. The van der Waals surface area contributed by atoms with Crippen LogP contribution in [0.4, 0.5) is 10.1 Å². The minimum absolute atomic E-state index is 0.312. The number of hydrogen-bond donors (Lipinski definition) is 1. The predicted molar refractivity (Wildman–Crippen MR) is 133 cm³/mol. The minimum atomic E-state index is -2.14. The maximum atomic E-state index is 13.9. The van der Waals surface area contributed by atoms with Crippen molar-refractivity contribution in [3.8, 4) is 0 Å². The van der Waals surface area contributed by atoms with E-state index in [-0.39, 0.29) is 17.6 Å². The summed E-state index contributed by atoms with van der Waals surface area (Å²) < 4.78 is 11.5. The van der Waals surface area contributed by atoms with E-state index in [0.717, 1.165) is 24.0 Å². The molecule has 2 aliphatic carbocycles. The number of fused-ring (bicyclic) bond motifs is 3. The Labute approximate surface area is 217 Å². The molecule has 0 bridgehead atoms. The first-order valence-electron chi connectivity index (χ1n) is 11.4. The van der Waals surface area contributed by atoms with Gasteiger partial charge in [-0.25, -0.2) is 4.39 Å². The van der Waals surface area contributed by atoms with Gasteiger partial charge >= 0.3 is 0 Å². The van der Waals surface area contributed by atoms with Gasteiger partial charge in [0.25, 0.3) is 9.70 Å². The number of hydrogen-bond acceptors (Lipinski definition) is 3. The van der Waals surface area contributed by atoms with Gasteiger partial charge in [-0.15, -0.1) is 0 Å². The van der Waals surface area contributed by atoms with Gasteiger partial charge in [-0.2, -0.15) is 0 Å². The first-order chi connectivity index (χ1) is 16.7. The Balaban J connectivity index is 1.61. The van der Waals surface area contributed by atoms with E-state index < -0.39 is 39.4 Å². The van der Waals surface area contributed by atoms with Crippen molar-refractivity contribution < 1.29 is 18.8 Å². The van der Waals surface area contributed by atoms with Crippen LogP contribution >= 0.6 is 34.8 Å². The lowest BCUT2D eigenvalue weighted by Crippen LogP contribution is -2.52. The number of para-hydroxylation sites is 1. The molecule has 182 valence electrons. The highest BCUT2D eigenvalue weighted by Crippen LogP contribution is 2.53. The standard InChI is InChI=1S/C26H22Cl3FN2O3/c27-26(28,29)25(35)31-19-8-4-5-15-13-18(14-9-11-16(30)12-10-14)21-22(20(15)19)24(34)32(23(21)33)17-6-2-1-3-7-17/h1-3,6-7,9-13,18-22H,4-5,8H2,(H,31,35)/t18-,19-,20+,21+,22-/m1/s1. The lowest BCUT2D eigenvalue weighted by molar-refractivity contribution is -0.125. The summed E-state index contributed by atoms with van der Waals surface area (Å²) in [5.74, 6) is -3.99. The van der Waals surface area contributed by atoms with Crippen LogP contribution in [0, 0.1) is 23.6 Å². The van der Waals surface area contributed by atoms with Crippen molar-refractivity contribution in [2.24, 2.45) is 17.8 Å². The average Bonchev–Trinajstić information content (AvgIpc) is 3.09. The molecule has 0 radical (unpaired) electrons. The highest BCUT2D eigenvalue weighted by Gasteiger charge is 2.59. The number of nitrogens with one attached hydrogen (secondary N) is 1. The normalized spacial score (nSPS) is 28.3. The molecule has 1 heterocycles. The van der Waals surface area contributed by atoms with Crippen molar-refractivity contribution in [2.75, 3.05) is 4.90 Å². The largest absolute Gasteiger partial charge is 0.349 e. The summed E-state index contributed by atoms with van der Waals surface area (Å²) in [5.41, 5.74) is 2.24. The van der Waals surface area contributed by atoms with Gasteiger partial charge in [-0.05, 0) is 49.1 Å². The monoisotopic (exact) mass is 534 g/mol. The summed E-state index contributed by atoms with van der Waals surface area (Å²) >= 11 is 17.4. The van der Waals surface area contributed by atoms with Gasteiger partial charge in [0.05, 0.1) is 17.5 Å². The highest BCUT2D eigenvalue weighted by atomic mass is 35.6. The lowest BCUT2D eigenvalue weighted by Gasteiger charge is -2.43. The van der Waals surface area contributed by atoms with Gasteiger partial charge in [-0.1, -0.05) is 76.8 Å². The van der Waals surface area contributed by atoms with Crippen molar-refractivity contribution in [3.05, 3.63) is 77.6 Å². The second-order valence-electron chi connectivity index (χ2n) is 9.21. The summed E-state index contributed by atoms with van der Waals surface area (Å²) in [4.78, 5) is 41.5. The zero-order valence-corrected chi connectivity index (χ0v) is 20.7. The topological polar surface area (TPSA) is 66.5 Å². The van der Waals surface area contributed by atoms with E-state index in [4.69, 9.17) is 34.8 Å². The fourth-order valence-electron chi connectivity index (χ4n) is 5.84. The number of carbonyl (C=O) groups excluding carboxylic acids is 3. The Hall–Kier alpha value is -2.41. The fourth-order valence-corrected chi connectivity index (χ4v) is 6.00. The highest BCUT2D eigenvalue weighted by molar-refractivity contribution is 6.76. The van der Waals surface area contributed by atoms with Crippen LogP contribution in [0.5, 0.6) is 0 Å². The minimum Gasteiger partial charge on any atom is -0.349 e. The quantitative estimate of drug-likeness (QED) is 0.329. The lowest BCUT2D eigenvalue weighted by atomic mass is 9.61. The number of amides is 3. The van der Waals surface area contributed by atoms with Gasteiger partial charge < -0.3 is 5.32 Å². The molecule has 2 aromatic carbocycles. The van der Waals surface area contributed by atoms with E-state index in [1.165, 1.54) is 17.0 Å². The Morgan fingerprint density at radius 3 is 2.26 bits per heavy atom. The molecule has 0 aromatic heterocycles. The van der Waals surface area contributed by atoms with Crippen molar-refractivity contribution in [1.29, 1.82) is 0 Å². The van der Waals surface area contributed by atoms with Gasteiger partial charge in [0.1, 0.15) is 5.82 Å². The Morgan fingerprint density at radius 1 is 0.943 bits per heavy atom. The predicted octanol–water partition coefficient (Wildman–Crippen LogP) is 5.31. The van der Waals surface area contributed by atoms with Crippen LogP contribution in [-0.4, -0.2) is 27.6 Å². The van der Waals surface area contributed by atoms with Crippen molar-refractivity contribution in [2.45, 2.75) is 35.0 Å². The number of anilines is 1. The molecule has 35 heavy (non-hydrogen) atoms. The molecule has 1 aliphatic heterocycles. The molecule has 0 spiro atoms. The summed E-state index contributed by atoms with van der Waals surface area (Å²) in [6.45, 7) is 0. The molecule has 2 fully saturated rings. The first kappa shape index (κ1) is 24.3. The molecule has 9 heteroatoms. The fraction of sp³-hybridized carbons (Fsp3) is 0.346. The van der Waals surface area contributed by atoms with E-state index >= 15 is 0 Å². The molecule has 3 aliphatic rings.